The molecule has 0 aromatic carbocycles. The second-order valence-corrected chi connectivity index (χ2v) is 4.00. The first-order valence-corrected chi connectivity index (χ1v) is 4.94. The maximum Gasteiger partial charge on any atom is -0.0193 e. The van der Waals surface area contributed by atoms with Crippen molar-refractivity contribution in [2.75, 3.05) is 0 Å². The topological polar surface area (TPSA) is 0 Å². The van der Waals surface area contributed by atoms with Crippen LogP contribution in [0.5, 0.6) is 0 Å². The van der Waals surface area contributed by atoms with Gasteiger partial charge in [0.15, 0.2) is 0 Å². The Hall–Kier alpha value is -0.260. The van der Waals surface area contributed by atoms with Gasteiger partial charge in [0, 0.05) is 0 Å². The average Bonchev–Trinajstić information content (AvgIpc) is 1.84. The first-order valence-electron chi connectivity index (χ1n) is 4.94. The summed E-state index contributed by atoms with van der Waals surface area (Å²) < 4.78 is 0. The van der Waals surface area contributed by atoms with Gasteiger partial charge in [0.05, 0.1) is 0 Å². The first-order chi connectivity index (χ1) is 5.24. The Balaban J connectivity index is 2.17. The number of rotatable bonds is 4. The molecular weight excluding hydrogens is 132 g/mol. The van der Waals surface area contributed by atoms with Gasteiger partial charge in [0.25, 0.3) is 0 Å². The maximum atomic E-state index is 2.49. The van der Waals surface area contributed by atoms with Crippen LogP contribution in [0.2, 0.25) is 0 Å². The minimum Gasteiger partial charge on any atom is -0.0816 e. The van der Waals surface area contributed by atoms with Crippen LogP contribution < -0.4 is 0 Å². The van der Waals surface area contributed by atoms with Crippen LogP contribution in [0.3, 0.4) is 0 Å². The van der Waals surface area contributed by atoms with Gasteiger partial charge >= 0.3 is 0 Å². The molecule has 64 valence electrons. The van der Waals surface area contributed by atoms with Gasteiger partial charge < -0.3 is 0 Å². The molecule has 1 unspecified atom stereocenters. The van der Waals surface area contributed by atoms with Gasteiger partial charge in [-0.2, -0.15) is 0 Å². The van der Waals surface area contributed by atoms with Crippen LogP contribution >= 0.6 is 0 Å². The van der Waals surface area contributed by atoms with Crippen LogP contribution in [0.25, 0.3) is 0 Å². The van der Waals surface area contributed by atoms with E-state index < -0.39 is 0 Å². The zero-order valence-corrected chi connectivity index (χ0v) is 8.06. The predicted octanol–water partition coefficient (Wildman–Crippen LogP) is 3.78. The van der Waals surface area contributed by atoms with Gasteiger partial charge in [-0.1, -0.05) is 45.3 Å². The minimum absolute atomic E-state index is 0.799. The maximum absolute atomic E-state index is 2.49. The third-order valence-electron chi connectivity index (χ3n) is 2.62. The molecule has 1 aliphatic rings. The van der Waals surface area contributed by atoms with Crippen molar-refractivity contribution in [2.45, 2.75) is 46.5 Å². The second-order valence-electron chi connectivity index (χ2n) is 4.00. The van der Waals surface area contributed by atoms with E-state index in [4.69, 9.17) is 0 Å². The fourth-order valence-electron chi connectivity index (χ4n) is 1.65. The molecule has 0 aromatic rings. The van der Waals surface area contributed by atoms with Crippen molar-refractivity contribution >= 4 is 0 Å². The van der Waals surface area contributed by atoms with Crippen LogP contribution in [0, 0.1) is 11.8 Å². The lowest BCUT2D eigenvalue weighted by Crippen LogP contribution is -2.13. The Morgan fingerprint density at radius 1 is 1.55 bits per heavy atom. The van der Waals surface area contributed by atoms with Crippen molar-refractivity contribution in [3.05, 3.63) is 11.6 Å². The summed E-state index contributed by atoms with van der Waals surface area (Å²) in [5.74, 6) is 1.74. The standard InChI is InChI=1S/C11H20/c1-4-5-6-10-7-11(8-10)9(2)3/h7,9-10H,4-6,8H2,1-3H3. The van der Waals surface area contributed by atoms with E-state index in [9.17, 15) is 0 Å². The molecule has 0 bridgehead atoms. The average molecular weight is 152 g/mol. The summed E-state index contributed by atoms with van der Waals surface area (Å²) in [5.41, 5.74) is 1.69. The zero-order chi connectivity index (χ0) is 8.27. The van der Waals surface area contributed by atoms with Gasteiger partial charge in [-0.3, -0.25) is 0 Å². The van der Waals surface area contributed by atoms with Crippen LogP contribution in [-0.2, 0) is 0 Å². The summed E-state index contributed by atoms with van der Waals surface area (Å²) in [4.78, 5) is 0. The largest absolute Gasteiger partial charge is 0.0816 e. The van der Waals surface area contributed by atoms with Gasteiger partial charge in [-0.15, -0.1) is 0 Å². The molecule has 0 nitrogen and oxygen atoms in total. The van der Waals surface area contributed by atoms with Crippen molar-refractivity contribution in [3.63, 3.8) is 0 Å². The van der Waals surface area contributed by atoms with Crippen molar-refractivity contribution < 1.29 is 0 Å². The Labute approximate surface area is 70.7 Å². The fourth-order valence-corrected chi connectivity index (χ4v) is 1.65. The van der Waals surface area contributed by atoms with Gasteiger partial charge in [0.2, 0.25) is 0 Å². The molecule has 1 rings (SSSR count). The molecule has 0 fully saturated rings. The molecule has 1 aliphatic carbocycles. The molecule has 0 spiro atoms. The second kappa shape index (κ2) is 3.94. The summed E-state index contributed by atoms with van der Waals surface area (Å²) >= 11 is 0. The van der Waals surface area contributed by atoms with Crippen LogP contribution in [-0.4, -0.2) is 0 Å². The highest BCUT2D eigenvalue weighted by atomic mass is 14.2. The third kappa shape index (κ3) is 2.36. The molecule has 11 heavy (non-hydrogen) atoms. The fraction of sp³-hybridized carbons (Fsp3) is 0.818. The molecule has 0 radical (unpaired) electrons. The summed E-state index contributed by atoms with van der Waals surface area (Å²) in [7, 11) is 0. The highest BCUT2D eigenvalue weighted by Gasteiger charge is 2.19. The predicted molar refractivity (Wildman–Crippen MR) is 50.6 cm³/mol. The van der Waals surface area contributed by atoms with Crippen LogP contribution in [0.4, 0.5) is 0 Å². The third-order valence-corrected chi connectivity index (χ3v) is 2.62. The summed E-state index contributed by atoms with van der Waals surface area (Å²) in [6.07, 6.45) is 8.05. The highest BCUT2D eigenvalue weighted by Crippen LogP contribution is 2.34. The van der Waals surface area contributed by atoms with E-state index >= 15 is 0 Å². The Bertz CT molecular complexity index is 142. The Kier molecular flexibility index (Phi) is 3.16. The number of hydrogen-bond donors (Lipinski definition) is 0. The van der Waals surface area contributed by atoms with Crippen molar-refractivity contribution in [3.8, 4) is 0 Å². The molecule has 0 amide bonds. The first kappa shape index (κ1) is 8.83. The van der Waals surface area contributed by atoms with Gasteiger partial charge in [0.1, 0.15) is 0 Å². The van der Waals surface area contributed by atoms with Crippen LogP contribution in [0.15, 0.2) is 11.6 Å². The molecule has 0 aliphatic heterocycles. The van der Waals surface area contributed by atoms with Gasteiger partial charge in [-0.25, -0.2) is 0 Å². The van der Waals surface area contributed by atoms with Crippen molar-refractivity contribution in [1.82, 2.24) is 0 Å². The summed E-state index contributed by atoms with van der Waals surface area (Å²) in [6.45, 7) is 6.86. The monoisotopic (exact) mass is 152 g/mol. The van der Waals surface area contributed by atoms with Crippen molar-refractivity contribution in [2.24, 2.45) is 11.8 Å². The van der Waals surface area contributed by atoms with E-state index in [0.717, 1.165) is 11.8 Å². The number of allylic oxidation sites excluding steroid dienone is 2. The molecule has 1 atom stereocenters. The van der Waals surface area contributed by atoms with Crippen molar-refractivity contribution in [1.29, 1.82) is 0 Å². The molecule has 0 N–H and O–H groups in total. The molecule has 0 heterocycles. The van der Waals surface area contributed by atoms with E-state index in [0.29, 0.717) is 0 Å². The lowest BCUT2D eigenvalue weighted by atomic mass is 9.78. The van der Waals surface area contributed by atoms with E-state index in [1.54, 1.807) is 5.57 Å². The molecular formula is C11H20. The molecule has 0 saturated heterocycles. The SMILES string of the molecule is CCCCC1C=C(C(C)C)C1. The highest BCUT2D eigenvalue weighted by molar-refractivity contribution is 5.18. The Morgan fingerprint density at radius 2 is 2.18 bits per heavy atom. The molecule has 0 aromatic heterocycles. The summed E-state index contributed by atoms with van der Waals surface area (Å²) in [6, 6.07) is 0. The summed E-state index contributed by atoms with van der Waals surface area (Å²) in [5, 5.41) is 0. The zero-order valence-electron chi connectivity index (χ0n) is 8.06. The lowest BCUT2D eigenvalue weighted by Gasteiger charge is -2.27. The van der Waals surface area contributed by atoms with E-state index in [1.807, 2.05) is 0 Å². The quantitative estimate of drug-likeness (QED) is 0.538. The number of unbranched alkanes of at least 4 members (excludes halogenated alkanes) is 1. The number of hydrogen-bond acceptors (Lipinski definition) is 0. The molecule has 0 heteroatoms. The van der Waals surface area contributed by atoms with E-state index in [2.05, 4.69) is 26.8 Å². The van der Waals surface area contributed by atoms with E-state index in [-0.39, 0.29) is 0 Å². The smallest absolute Gasteiger partial charge is 0.0193 e. The normalized spacial score (nSPS) is 23.3. The minimum atomic E-state index is 0.799. The lowest BCUT2D eigenvalue weighted by molar-refractivity contribution is 0.470. The van der Waals surface area contributed by atoms with Gasteiger partial charge in [-0.05, 0) is 24.7 Å². The van der Waals surface area contributed by atoms with E-state index in [1.165, 1.54) is 25.7 Å². The molecule has 0 saturated carbocycles. The van der Waals surface area contributed by atoms with Crippen LogP contribution in [0.1, 0.15) is 46.5 Å². The Morgan fingerprint density at radius 3 is 2.64 bits per heavy atom.